The summed E-state index contributed by atoms with van der Waals surface area (Å²) in [5.41, 5.74) is 2.32. The Morgan fingerprint density at radius 1 is 1.56 bits per heavy atom. The maximum atomic E-state index is 12.1. The quantitative estimate of drug-likeness (QED) is 0.857. The van der Waals surface area contributed by atoms with Gasteiger partial charge in [-0.3, -0.25) is 4.79 Å². The highest BCUT2D eigenvalue weighted by Gasteiger charge is 2.26. The maximum Gasteiger partial charge on any atom is 0.243 e. The van der Waals surface area contributed by atoms with E-state index >= 15 is 0 Å². The number of benzene rings is 1. The van der Waals surface area contributed by atoms with E-state index in [0.717, 1.165) is 23.6 Å². The highest BCUT2D eigenvalue weighted by Crippen LogP contribution is 2.25. The van der Waals surface area contributed by atoms with Crippen LogP contribution in [0.4, 0.5) is 5.69 Å². The lowest BCUT2D eigenvalue weighted by atomic mass is 10.1. The fourth-order valence-electron chi connectivity index (χ4n) is 2.14. The lowest BCUT2D eigenvalue weighted by Gasteiger charge is -2.17. The average Bonchev–Trinajstić information content (AvgIpc) is 2.80. The van der Waals surface area contributed by atoms with Crippen LogP contribution < -0.4 is 10.6 Å². The molecule has 0 radical (unpaired) electrons. The van der Waals surface area contributed by atoms with E-state index in [1.54, 1.807) is 0 Å². The molecule has 3 nitrogen and oxygen atoms in total. The number of fused-ring (bicyclic) bond motifs is 1. The molecule has 2 N–H and O–H groups in total. The molecule has 0 aliphatic carbocycles. The molecule has 0 aromatic heterocycles. The third kappa shape index (κ3) is 3.19. The molecule has 0 saturated heterocycles. The van der Waals surface area contributed by atoms with Crippen molar-refractivity contribution in [1.29, 1.82) is 0 Å². The van der Waals surface area contributed by atoms with Crippen molar-refractivity contribution in [2.45, 2.75) is 32.4 Å². The maximum absolute atomic E-state index is 12.1. The van der Waals surface area contributed by atoms with Crippen molar-refractivity contribution < 1.29 is 4.79 Å². The Labute approximate surface area is 113 Å². The molecule has 98 valence electrons. The topological polar surface area (TPSA) is 41.1 Å². The molecule has 0 saturated carbocycles. The number of nitrogens with one attached hydrogen (secondary N) is 2. The molecule has 1 aliphatic heterocycles. The van der Waals surface area contributed by atoms with Gasteiger partial charge in [-0.15, -0.1) is 0 Å². The fraction of sp³-hybridized carbons (Fsp3) is 0.500. The first kappa shape index (κ1) is 13.3. The Balaban J connectivity index is 1.85. The van der Waals surface area contributed by atoms with Crippen LogP contribution in [0.2, 0.25) is 0 Å². The van der Waals surface area contributed by atoms with Crippen molar-refractivity contribution >= 4 is 23.4 Å². The second kappa shape index (κ2) is 6.14. The van der Waals surface area contributed by atoms with Crippen molar-refractivity contribution in [3.8, 4) is 0 Å². The summed E-state index contributed by atoms with van der Waals surface area (Å²) in [6.07, 6.45) is 0.787. The van der Waals surface area contributed by atoms with E-state index < -0.39 is 0 Å². The van der Waals surface area contributed by atoms with Gasteiger partial charge in [0.15, 0.2) is 0 Å². The van der Waals surface area contributed by atoms with Crippen molar-refractivity contribution in [2.24, 2.45) is 0 Å². The minimum Gasteiger partial charge on any atom is -0.373 e. The van der Waals surface area contributed by atoms with Gasteiger partial charge in [-0.25, -0.2) is 0 Å². The fourth-order valence-corrected chi connectivity index (χ4v) is 2.81. The summed E-state index contributed by atoms with van der Waals surface area (Å²) in [6.45, 7) is 4.19. The van der Waals surface area contributed by atoms with Crippen LogP contribution in [0.15, 0.2) is 24.3 Å². The third-order valence-electron chi connectivity index (χ3n) is 3.05. The van der Waals surface area contributed by atoms with Crippen molar-refractivity contribution in [3.63, 3.8) is 0 Å². The summed E-state index contributed by atoms with van der Waals surface area (Å²) in [7, 11) is 0. The zero-order valence-electron chi connectivity index (χ0n) is 10.9. The first-order valence-corrected chi connectivity index (χ1v) is 7.58. The van der Waals surface area contributed by atoms with E-state index in [9.17, 15) is 4.79 Å². The summed E-state index contributed by atoms with van der Waals surface area (Å²) in [5, 5.41) is 6.35. The van der Waals surface area contributed by atoms with Crippen LogP contribution in [-0.4, -0.2) is 29.5 Å². The van der Waals surface area contributed by atoms with Crippen molar-refractivity contribution in [1.82, 2.24) is 5.32 Å². The number of thioether (sulfide) groups is 1. The SMILES string of the molecule is CCSCC(C)NC(=O)C1Cc2ccccc2N1. The molecule has 0 fully saturated rings. The molecule has 1 aromatic carbocycles. The summed E-state index contributed by atoms with van der Waals surface area (Å²) >= 11 is 1.85. The van der Waals surface area contributed by atoms with Crippen molar-refractivity contribution in [2.75, 3.05) is 16.8 Å². The van der Waals surface area contributed by atoms with Crippen LogP contribution in [0.5, 0.6) is 0 Å². The molecule has 2 rings (SSSR count). The number of hydrogen-bond acceptors (Lipinski definition) is 3. The number of carbonyl (C=O) groups excluding carboxylic acids is 1. The number of anilines is 1. The monoisotopic (exact) mass is 264 g/mol. The number of para-hydroxylation sites is 1. The summed E-state index contributed by atoms with van der Waals surface area (Å²) in [4.78, 5) is 12.1. The van der Waals surface area contributed by atoms with Gasteiger partial charge in [-0.05, 0) is 24.3 Å². The van der Waals surface area contributed by atoms with Gasteiger partial charge in [0.2, 0.25) is 5.91 Å². The molecule has 1 amide bonds. The first-order valence-electron chi connectivity index (χ1n) is 6.43. The van der Waals surface area contributed by atoms with Crippen LogP contribution in [-0.2, 0) is 11.2 Å². The molecular weight excluding hydrogens is 244 g/mol. The molecule has 2 atom stereocenters. The van der Waals surface area contributed by atoms with Crippen molar-refractivity contribution in [3.05, 3.63) is 29.8 Å². The third-order valence-corrected chi connectivity index (χ3v) is 4.19. The van der Waals surface area contributed by atoms with Gasteiger partial charge < -0.3 is 10.6 Å². The molecule has 1 aromatic rings. The Bertz CT molecular complexity index is 397. The largest absolute Gasteiger partial charge is 0.373 e. The van der Waals surface area contributed by atoms with Gasteiger partial charge in [0, 0.05) is 23.9 Å². The van der Waals surface area contributed by atoms with E-state index in [-0.39, 0.29) is 18.0 Å². The number of rotatable bonds is 5. The number of hydrogen-bond donors (Lipinski definition) is 2. The van der Waals surface area contributed by atoms with Crippen LogP contribution in [0.3, 0.4) is 0 Å². The highest BCUT2D eigenvalue weighted by molar-refractivity contribution is 7.99. The predicted octanol–water partition coefficient (Wildman–Crippen LogP) is 2.28. The van der Waals surface area contributed by atoms with Gasteiger partial charge in [0.1, 0.15) is 6.04 Å². The second-order valence-electron chi connectivity index (χ2n) is 4.63. The highest BCUT2D eigenvalue weighted by atomic mass is 32.2. The van der Waals surface area contributed by atoms with E-state index in [4.69, 9.17) is 0 Å². The Hall–Kier alpha value is -1.16. The lowest BCUT2D eigenvalue weighted by molar-refractivity contribution is -0.122. The first-order chi connectivity index (χ1) is 8.70. The minimum atomic E-state index is -0.114. The van der Waals surface area contributed by atoms with E-state index in [0.29, 0.717) is 0 Å². The predicted molar refractivity (Wildman–Crippen MR) is 78.2 cm³/mol. The molecule has 1 aliphatic rings. The van der Waals surface area contributed by atoms with Crippen LogP contribution >= 0.6 is 11.8 Å². The van der Waals surface area contributed by atoms with Crippen LogP contribution in [0, 0.1) is 0 Å². The van der Waals surface area contributed by atoms with E-state index in [1.807, 2.05) is 30.0 Å². The standard InChI is InChI=1S/C14H20N2OS/c1-3-18-9-10(2)15-14(17)13-8-11-6-4-5-7-12(11)16-13/h4-7,10,13,16H,3,8-9H2,1-2H3,(H,15,17). The second-order valence-corrected chi connectivity index (χ2v) is 5.95. The average molecular weight is 264 g/mol. The van der Waals surface area contributed by atoms with Gasteiger partial charge in [0.25, 0.3) is 0 Å². The summed E-state index contributed by atoms with van der Waals surface area (Å²) < 4.78 is 0. The van der Waals surface area contributed by atoms with E-state index in [2.05, 4.69) is 30.5 Å². The van der Waals surface area contributed by atoms with Gasteiger partial charge >= 0.3 is 0 Å². The molecular formula is C14H20N2OS. The van der Waals surface area contributed by atoms with Crippen LogP contribution in [0.1, 0.15) is 19.4 Å². The molecule has 1 heterocycles. The Kier molecular flexibility index (Phi) is 4.53. The van der Waals surface area contributed by atoms with Gasteiger partial charge in [-0.1, -0.05) is 25.1 Å². The molecule has 4 heteroatoms. The Morgan fingerprint density at radius 2 is 2.33 bits per heavy atom. The zero-order valence-corrected chi connectivity index (χ0v) is 11.7. The molecule has 18 heavy (non-hydrogen) atoms. The van der Waals surface area contributed by atoms with Gasteiger partial charge in [0.05, 0.1) is 0 Å². The zero-order chi connectivity index (χ0) is 13.0. The number of carbonyl (C=O) groups is 1. The summed E-state index contributed by atoms with van der Waals surface area (Å²) in [5.74, 6) is 2.17. The minimum absolute atomic E-state index is 0.107. The van der Waals surface area contributed by atoms with E-state index in [1.165, 1.54) is 5.56 Å². The van der Waals surface area contributed by atoms with Crippen LogP contribution in [0.25, 0.3) is 0 Å². The smallest absolute Gasteiger partial charge is 0.243 e. The lowest BCUT2D eigenvalue weighted by Crippen LogP contribution is -2.43. The normalized spacial score (nSPS) is 18.9. The molecule has 0 spiro atoms. The summed E-state index contributed by atoms with van der Waals surface area (Å²) in [6, 6.07) is 8.23. The van der Waals surface area contributed by atoms with Gasteiger partial charge in [-0.2, -0.15) is 11.8 Å². The molecule has 2 unspecified atom stereocenters. The Morgan fingerprint density at radius 3 is 3.06 bits per heavy atom. The molecule has 0 bridgehead atoms. The number of amides is 1.